The maximum absolute atomic E-state index is 10.9. The van der Waals surface area contributed by atoms with E-state index in [1.165, 1.54) is 7.11 Å². The standard InChI is InChI=1S/C9H14O2/c1-4-6-7-8(5-2)9(10)11-3/h4-6H,7H2,1-3H3. The van der Waals surface area contributed by atoms with Crippen molar-refractivity contribution in [1.29, 1.82) is 0 Å². The van der Waals surface area contributed by atoms with Gasteiger partial charge in [-0.3, -0.25) is 0 Å². The Morgan fingerprint density at radius 1 is 1.45 bits per heavy atom. The fourth-order valence-corrected chi connectivity index (χ4v) is 0.695. The Kier molecular flexibility index (Phi) is 5.17. The average Bonchev–Trinajstić information content (AvgIpc) is 2.05. The van der Waals surface area contributed by atoms with E-state index in [1.807, 2.05) is 26.0 Å². The molecule has 0 saturated heterocycles. The highest BCUT2D eigenvalue weighted by Gasteiger charge is 2.04. The summed E-state index contributed by atoms with van der Waals surface area (Å²) in [6.07, 6.45) is 6.25. The summed E-state index contributed by atoms with van der Waals surface area (Å²) < 4.78 is 4.56. The lowest BCUT2D eigenvalue weighted by Gasteiger charge is -1.99. The molecule has 0 atom stereocenters. The van der Waals surface area contributed by atoms with Crippen LogP contribution in [0.2, 0.25) is 0 Å². The quantitative estimate of drug-likeness (QED) is 0.353. The van der Waals surface area contributed by atoms with E-state index in [9.17, 15) is 4.79 Å². The number of hydrogen-bond donors (Lipinski definition) is 0. The van der Waals surface area contributed by atoms with Crippen LogP contribution < -0.4 is 0 Å². The summed E-state index contributed by atoms with van der Waals surface area (Å²) >= 11 is 0. The molecule has 0 spiro atoms. The van der Waals surface area contributed by atoms with Crippen LogP contribution in [0.3, 0.4) is 0 Å². The molecule has 2 nitrogen and oxygen atoms in total. The van der Waals surface area contributed by atoms with E-state index in [2.05, 4.69) is 4.74 Å². The molecule has 0 aliphatic carbocycles. The van der Waals surface area contributed by atoms with Crippen molar-refractivity contribution in [1.82, 2.24) is 0 Å². The molecule has 0 aromatic rings. The minimum absolute atomic E-state index is 0.245. The maximum atomic E-state index is 10.9. The van der Waals surface area contributed by atoms with Crippen LogP contribution in [0.1, 0.15) is 20.3 Å². The molecule has 2 heteroatoms. The second-order valence-electron chi connectivity index (χ2n) is 2.08. The van der Waals surface area contributed by atoms with Gasteiger partial charge in [-0.2, -0.15) is 0 Å². The van der Waals surface area contributed by atoms with E-state index >= 15 is 0 Å². The second-order valence-corrected chi connectivity index (χ2v) is 2.08. The topological polar surface area (TPSA) is 26.3 Å². The lowest BCUT2D eigenvalue weighted by molar-refractivity contribution is -0.136. The molecule has 0 N–H and O–H groups in total. The van der Waals surface area contributed by atoms with Crippen molar-refractivity contribution >= 4 is 5.97 Å². The van der Waals surface area contributed by atoms with E-state index in [1.54, 1.807) is 6.08 Å². The first-order valence-corrected chi connectivity index (χ1v) is 3.61. The number of rotatable bonds is 3. The summed E-state index contributed by atoms with van der Waals surface area (Å²) in [5.41, 5.74) is 0.700. The molecule has 0 aliphatic rings. The maximum Gasteiger partial charge on any atom is 0.333 e. The molecular formula is C9H14O2. The molecule has 0 aromatic carbocycles. The second kappa shape index (κ2) is 5.71. The highest BCUT2D eigenvalue weighted by Crippen LogP contribution is 2.03. The fourth-order valence-electron chi connectivity index (χ4n) is 0.695. The SMILES string of the molecule is CC=CCC(=CC)C(=O)OC. The van der Waals surface area contributed by atoms with Gasteiger partial charge < -0.3 is 4.74 Å². The molecule has 0 heterocycles. The predicted molar refractivity (Wildman–Crippen MR) is 45.2 cm³/mol. The molecule has 11 heavy (non-hydrogen) atoms. The van der Waals surface area contributed by atoms with Gasteiger partial charge in [0, 0.05) is 5.57 Å². The highest BCUT2D eigenvalue weighted by atomic mass is 16.5. The summed E-state index contributed by atoms with van der Waals surface area (Å²) in [5, 5.41) is 0. The molecule has 0 aromatic heterocycles. The molecule has 0 bridgehead atoms. The number of carbonyl (C=O) groups excluding carboxylic acids is 1. The number of esters is 1. The average molecular weight is 154 g/mol. The van der Waals surface area contributed by atoms with Crippen molar-refractivity contribution in [2.24, 2.45) is 0 Å². The van der Waals surface area contributed by atoms with E-state index < -0.39 is 0 Å². The van der Waals surface area contributed by atoms with E-state index in [-0.39, 0.29) is 5.97 Å². The van der Waals surface area contributed by atoms with Crippen LogP contribution >= 0.6 is 0 Å². The normalized spacial score (nSPS) is 12.1. The zero-order valence-electron chi connectivity index (χ0n) is 7.26. The Balaban J connectivity index is 4.08. The van der Waals surface area contributed by atoms with Crippen LogP contribution in [0.4, 0.5) is 0 Å². The van der Waals surface area contributed by atoms with Crippen LogP contribution in [-0.4, -0.2) is 13.1 Å². The van der Waals surface area contributed by atoms with Crippen molar-refractivity contribution in [2.45, 2.75) is 20.3 Å². The molecule has 0 amide bonds. The summed E-state index contributed by atoms with van der Waals surface area (Å²) in [7, 11) is 1.39. The van der Waals surface area contributed by atoms with Crippen LogP contribution in [0, 0.1) is 0 Å². The predicted octanol–water partition coefficient (Wildman–Crippen LogP) is 2.07. The molecule has 0 saturated carbocycles. The summed E-state index contributed by atoms with van der Waals surface area (Å²) in [6, 6.07) is 0. The minimum atomic E-state index is -0.245. The Hall–Kier alpha value is -1.05. The lowest BCUT2D eigenvalue weighted by atomic mass is 10.2. The molecule has 62 valence electrons. The smallest absolute Gasteiger partial charge is 0.333 e. The number of ether oxygens (including phenoxy) is 1. The highest BCUT2D eigenvalue weighted by molar-refractivity contribution is 5.88. The first-order valence-electron chi connectivity index (χ1n) is 3.61. The summed E-state index contributed by atoms with van der Waals surface area (Å²) in [4.78, 5) is 10.9. The molecule has 0 rings (SSSR count). The molecule has 0 radical (unpaired) electrons. The van der Waals surface area contributed by atoms with Crippen molar-refractivity contribution in [3.63, 3.8) is 0 Å². The number of carbonyl (C=O) groups is 1. The summed E-state index contributed by atoms with van der Waals surface area (Å²) in [6.45, 7) is 3.75. The molecular weight excluding hydrogens is 140 g/mol. The van der Waals surface area contributed by atoms with E-state index in [0.29, 0.717) is 12.0 Å². The fraction of sp³-hybridized carbons (Fsp3) is 0.444. The molecule has 0 unspecified atom stereocenters. The number of allylic oxidation sites excluding steroid dienone is 3. The third kappa shape index (κ3) is 3.61. The Bertz CT molecular complexity index is 178. The third-order valence-corrected chi connectivity index (χ3v) is 1.37. The molecule has 0 aliphatic heterocycles. The van der Waals surface area contributed by atoms with E-state index in [0.717, 1.165) is 0 Å². The van der Waals surface area contributed by atoms with Crippen LogP contribution in [0.25, 0.3) is 0 Å². The third-order valence-electron chi connectivity index (χ3n) is 1.37. The van der Waals surface area contributed by atoms with Gasteiger partial charge in [0.25, 0.3) is 0 Å². The monoisotopic (exact) mass is 154 g/mol. The number of hydrogen-bond acceptors (Lipinski definition) is 2. The largest absolute Gasteiger partial charge is 0.466 e. The van der Waals surface area contributed by atoms with Gasteiger partial charge in [-0.25, -0.2) is 4.79 Å². The van der Waals surface area contributed by atoms with Gasteiger partial charge in [-0.15, -0.1) is 0 Å². The van der Waals surface area contributed by atoms with Gasteiger partial charge in [0.1, 0.15) is 0 Å². The van der Waals surface area contributed by atoms with Gasteiger partial charge in [-0.05, 0) is 20.3 Å². The first-order chi connectivity index (χ1) is 5.26. The van der Waals surface area contributed by atoms with Gasteiger partial charge >= 0.3 is 5.97 Å². The van der Waals surface area contributed by atoms with Gasteiger partial charge in [0.15, 0.2) is 0 Å². The minimum Gasteiger partial charge on any atom is -0.466 e. The van der Waals surface area contributed by atoms with Crippen LogP contribution in [-0.2, 0) is 9.53 Å². The van der Waals surface area contributed by atoms with Gasteiger partial charge in [0.05, 0.1) is 7.11 Å². The van der Waals surface area contributed by atoms with Crippen molar-refractivity contribution < 1.29 is 9.53 Å². The van der Waals surface area contributed by atoms with Crippen LogP contribution in [0.15, 0.2) is 23.8 Å². The van der Waals surface area contributed by atoms with Crippen molar-refractivity contribution in [2.75, 3.05) is 7.11 Å². The lowest BCUT2D eigenvalue weighted by Crippen LogP contribution is -2.03. The first kappa shape index (κ1) is 9.95. The molecule has 0 fully saturated rings. The van der Waals surface area contributed by atoms with Crippen molar-refractivity contribution in [3.05, 3.63) is 23.8 Å². The Morgan fingerprint density at radius 3 is 2.45 bits per heavy atom. The van der Waals surface area contributed by atoms with Crippen molar-refractivity contribution in [3.8, 4) is 0 Å². The zero-order chi connectivity index (χ0) is 8.69. The van der Waals surface area contributed by atoms with Gasteiger partial charge in [0.2, 0.25) is 0 Å². The van der Waals surface area contributed by atoms with E-state index in [4.69, 9.17) is 0 Å². The zero-order valence-corrected chi connectivity index (χ0v) is 7.26. The Labute approximate surface area is 67.6 Å². The van der Waals surface area contributed by atoms with Gasteiger partial charge in [-0.1, -0.05) is 18.2 Å². The van der Waals surface area contributed by atoms with Crippen LogP contribution in [0.5, 0.6) is 0 Å². The summed E-state index contributed by atoms with van der Waals surface area (Å²) in [5.74, 6) is -0.245. The Morgan fingerprint density at radius 2 is 2.09 bits per heavy atom. The number of methoxy groups -OCH3 is 1.